The summed E-state index contributed by atoms with van der Waals surface area (Å²) in [6.45, 7) is 4.73. The molecule has 1 aliphatic rings. The molecule has 8 nitrogen and oxygen atoms in total. The normalized spacial score (nSPS) is 16.6. The molecule has 0 radical (unpaired) electrons. The van der Waals surface area contributed by atoms with Crippen molar-refractivity contribution >= 4 is 44.6 Å². The van der Waals surface area contributed by atoms with Crippen LogP contribution in [0.3, 0.4) is 0 Å². The van der Waals surface area contributed by atoms with Gasteiger partial charge in [-0.25, -0.2) is 9.98 Å². The van der Waals surface area contributed by atoms with Crippen LogP contribution in [0.1, 0.15) is 6.42 Å². The number of para-hydroxylation sites is 1. The van der Waals surface area contributed by atoms with Crippen molar-refractivity contribution < 1.29 is 14.3 Å². The number of ether oxygens (including phenoxy) is 2. The first-order chi connectivity index (χ1) is 16.1. The first-order valence-corrected chi connectivity index (χ1v) is 11.3. The maximum atomic E-state index is 11.8. The first-order valence-electron chi connectivity index (χ1n) is 10.5. The Morgan fingerprint density at radius 3 is 2.82 bits per heavy atom. The van der Waals surface area contributed by atoms with E-state index in [9.17, 15) is 4.79 Å². The van der Waals surface area contributed by atoms with Gasteiger partial charge in [0.2, 0.25) is 0 Å². The van der Waals surface area contributed by atoms with Gasteiger partial charge in [0, 0.05) is 25.0 Å². The number of aliphatic imine (C=N–C) groups is 1. The molecule has 3 N–H and O–H groups in total. The number of fused-ring (bicyclic) bond motifs is 1. The molecule has 2 heterocycles. The summed E-state index contributed by atoms with van der Waals surface area (Å²) in [5.74, 6) is 0.723. The number of carbonyl (C=O) groups is 1. The molecule has 1 fully saturated rings. The molecule has 0 unspecified atom stereocenters. The van der Waals surface area contributed by atoms with Crippen molar-refractivity contribution in [3.63, 3.8) is 0 Å². The molecule has 1 atom stereocenters. The first kappa shape index (κ1) is 22.3. The molecule has 3 aromatic rings. The molecule has 170 valence electrons. The fourth-order valence-electron chi connectivity index (χ4n) is 3.51. The lowest BCUT2D eigenvalue weighted by atomic mass is 10.1. The van der Waals surface area contributed by atoms with Gasteiger partial charge >= 0.3 is 5.97 Å². The van der Waals surface area contributed by atoms with E-state index in [0.29, 0.717) is 31.1 Å². The van der Waals surface area contributed by atoms with Gasteiger partial charge in [0.15, 0.2) is 11.0 Å². The number of esters is 1. The number of anilines is 2. The summed E-state index contributed by atoms with van der Waals surface area (Å²) >= 11 is 1.59. The fourth-order valence-corrected chi connectivity index (χ4v) is 4.39. The number of methoxy groups -OCH3 is 1. The minimum absolute atomic E-state index is 0.217. The molecule has 1 aromatic heterocycles. The average molecular weight is 464 g/mol. The number of aromatic nitrogens is 1. The lowest BCUT2D eigenvalue weighted by Crippen LogP contribution is -2.29. The zero-order chi connectivity index (χ0) is 23.2. The molecular weight excluding hydrogens is 438 g/mol. The van der Waals surface area contributed by atoms with E-state index in [1.807, 2.05) is 53.4 Å². The topological polar surface area (TPSA) is 102 Å². The molecule has 0 saturated carbocycles. The van der Waals surface area contributed by atoms with Gasteiger partial charge in [-0.3, -0.25) is 4.79 Å². The van der Waals surface area contributed by atoms with E-state index >= 15 is 0 Å². The highest BCUT2D eigenvalue weighted by Crippen LogP contribution is 2.29. The maximum absolute atomic E-state index is 11.8. The second-order valence-corrected chi connectivity index (χ2v) is 8.43. The van der Waals surface area contributed by atoms with Gasteiger partial charge in [-0.05, 0) is 42.8 Å². The van der Waals surface area contributed by atoms with Crippen molar-refractivity contribution in [2.75, 3.05) is 25.5 Å². The number of allylic oxidation sites excluding steroid dienone is 1. The zero-order valence-corrected chi connectivity index (χ0v) is 19.0. The number of benzene rings is 2. The molecule has 2 aromatic carbocycles. The smallest absolute Gasteiger partial charge is 0.310 e. The summed E-state index contributed by atoms with van der Waals surface area (Å²) in [5.41, 5.74) is 8.19. The highest BCUT2D eigenvalue weighted by Gasteiger charge is 2.31. The molecule has 0 aliphatic carbocycles. The van der Waals surface area contributed by atoms with E-state index in [2.05, 4.69) is 21.9 Å². The number of nitrogens with two attached hydrogens (primary N) is 1. The van der Waals surface area contributed by atoms with E-state index in [1.54, 1.807) is 17.4 Å². The third kappa shape index (κ3) is 5.32. The van der Waals surface area contributed by atoms with E-state index in [0.717, 1.165) is 21.0 Å². The number of nitrogens with one attached hydrogen (secondary N) is 1. The molecule has 0 spiro atoms. The Labute approximate surface area is 196 Å². The Kier molecular flexibility index (Phi) is 6.89. The Morgan fingerprint density at radius 1 is 1.30 bits per heavy atom. The van der Waals surface area contributed by atoms with Gasteiger partial charge in [0.1, 0.15) is 5.75 Å². The molecule has 0 amide bonds. The van der Waals surface area contributed by atoms with Gasteiger partial charge in [-0.1, -0.05) is 36.1 Å². The fraction of sp³-hybridized carbons (Fsp3) is 0.208. The van der Waals surface area contributed by atoms with E-state index in [-0.39, 0.29) is 17.8 Å². The number of thiazole rings is 1. The van der Waals surface area contributed by atoms with Crippen molar-refractivity contribution in [2.45, 2.75) is 6.42 Å². The van der Waals surface area contributed by atoms with Crippen LogP contribution in [0.25, 0.3) is 10.2 Å². The second kappa shape index (κ2) is 10.2. The molecule has 4 rings (SSSR count). The molecule has 33 heavy (non-hydrogen) atoms. The van der Waals surface area contributed by atoms with Crippen molar-refractivity contribution in [3.05, 3.63) is 72.9 Å². The Hall–Kier alpha value is -3.85. The Morgan fingerprint density at radius 2 is 2.09 bits per heavy atom. The molecule has 0 bridgehead atoms. The molecule has 1 saturated heterocycles. The quantitative estimate of drug-likeness (QED) is 0.292. The lowest BCUT2D eigenvalue weighted by molar-refractivity contribution is -0.144. The standard InChI is InChI=1S/C24H25N5O3S/c1-3-13-26-22(21(25)29-14-12-16(15-29)23(30)31-2)32-18-10-8-17(9-11-18)27-24-28-19-6-4-5-7-20(19)33-24/h3-11,13,16H,1,12,14-15,25H2,2H3,(H,27,28)/b22-21-,26-13?/t16-/m1/s1. The number of rotatable bonds is 8. The summed E-state index contributed by atoms with van der Waals surface area (Å²) in [5, 5.41) is 4.14. The van der Waals surface area contributed by atoms with Crippen LogP contribution in [0.2, 0.25) is 0 Å². The monoisotopic (exact) mass is 463 g/mol. The SMILES string of the molecule is C=CC=N/C(Oc1ccc(Nc2nc3ccccc3s2)cc1)=C(\N)N1CC[C@@H](C(=O)OC)C1. The Bertz CT molecular complexity index is 1170. The van der Waals surface area contributed by atoms with Crippen LogP contribution in [0.15, 0.2) is 77.9 Å². The van der Waals surface area contributed by atoms with E-state index in [4.69, 9.17) is 15.2 Å². The molecule has 1 aliphatic heterocycles. The van der Waals surface area contributed by atoms with E-state index in [1.165, 1.54) is 13.3 Å². The highest BCUT2D eigenvalue weighted by atomic mass is 32.1. The van der Waals surface area contributed by atoms with Crippen molar-refractivity contribution in [1.82, 2.24) is 9.88 Å². The second-order valence-electron chi connectivity index (χ2n) is 7.40. The van der Waals surface area contributed by atoms with Gasteiger partial charge < -0.3 is 25.4 Å². The number of likely N-dealkylation sites (tertiary alicyclic amines) is 1. The Balaban J connectivity index is 1.47. The third-order valence-corrected chi connectivity index (χ3v) is 6.15. The number of carbonyl (C=O) groups excluding carboxylic acids is 1. The average Bonchev–Trinajstić information content (AvgIpc) is 3.49. The number of hydrogen-bond acceptors (Lipinski definition) is 9. The summed E-state index contributed by atoms with van der Waals surface area (Å²) in [4.78, 5) is 22.6. The van der Waals surface area contributed by atoms with Gasteiger partial charge in [-0.15, -0.1) is 0 Å². The molecular formula is C24H25N5O3S. The summed E-state index contributed by atoms with van der Waals surface area (Å²) in [6.07, 6.45) is 3.72. The van der Waals surface area contributed by atoms with Gasteiger partial charge in [0.25, 0.3) is 5.88 Å². The van der Waals surface area contributed by atoms with Crippen molar-refractivity contribution in [3.8, 4) is 5.75 Å². The summed E-state index contributed by atoms with van der Waals surface area (Å²) in [6, 6.07) is 15.5. The van der Waals surface area contributed by atoms with Crippen molar-refractivity contribution in [1.29, 1.82) is 0 Å². The van der Waals surface area contributed by atoms with Crippen LogP contribution >= 0.6 is 11.3 Å². The van der Waals surface area contributed by atoms with Crippen LogP contribution in [0.5, 0.6) is 5.75 Å². The summed E-state index contributed by atoms with van der Waals surface area (Å²) < 4.78 is 12.0. The highest BCUT2D eigenvalue weighted by molar-refractivity contribution is 7.22. The summed E-state index contributed by atoms with van der Waals surface area (Å²) in [7, 11) is 1.39. The zero-order valence-electron chi connectivity index (χ0n) is 18.2. The number of hydrogen-bond donors (Lipinski definition) is 2. The minimum atomic E-state index is -0.237. The van der Waals surface area contributed by atoms with Crippen LogP contribution in [0.4, 0.5) is 10.8 Å². The lowest BCUT2D eigenvalue weighted by Gasteiger charge is -2.20. The third-order valence-electron chi connectivity index (χ3n) is 5.19. The van der Waals surface area contributed by atoms with Crippen LogP contribution in [0, 0.1) is 5.92 Å². The molecule has 9 heteroatoms. The largest absolute Gasteiger partial charge is 0.469 e. The minimum Gasteiger partial charge on any atom is -0.469 e. The van der Waals surface area contributed by atoms with Gasteiger partial charge in [0.05, 0.1) is 23.2 Å². The van der Waals surface area contributed by atoms with Gasteiger partial charge in [-0.2, -0.15) is 0 Å². The maximum Gasteiger partial charge on any atom is 0.310 e. The predicted molar refractivity (Wildman–Crippen MR) is 132 cm³/mol. The number of nitrogens with zero attached hydrogens (tertiary/aromatic N) is 3. The van der Waals surface area contributed by atoms with Crippen LogP contribution < -0.4 is 15.8 Å². The van der Waals surface area contributed by atoms with Crippen LogP contribution in [-0.2, 0) is 9.53 Å². The van der Waals surface area contributed by atoms with Crippen LogP contribution in [-0.4, -0.2) is 42.3 Å². The van der Waals surface area contributed by atoms with E-state index < -0.39 is 0 Å². The van der Waals surface area contributed by atoms with Crippen molar-refractivity contribution in [2.24, 2.45) is 16.6 Å². The predicted octanol–water partition coefficient (Wildman–Crippen LogP) is 4.26.